The molecule has 0 aliphatic rings. The van der Waals surface area contributed by atoms with Crippen molar-refractivity contribution in [3.05, 3.63) is 58.4 Å². The number of hydrogen-bond acceptors (Lipinski definition) is 3. The van der Waals surface area contributed by atoms with Gasteiger partial charge in [0.05, 0.1) is 4.90 Å². The predicted octanol–water partition coefficient (Wildman–Crippen LogP) is 3.05. The Morgan fingerprint density at radius 3 is 2.57 bits per heavy atom. The van der Waals surface area contributed by atoms with Gasteiger partial charge in [-0.2, -0.15) is 0 Å². The number of rotatable bonds is 4. The number of halogens is 2. The Bertz CT molecular complexity index is 758. The fourth-order valence-corrected chi connectivity index (χ4v) is 2.66. The van der Waals surface area contributed by atoms with E-state index in [0.29, 0.717) is 22.8 Å². The van der Waals surface area contributed by atoms with Crippen molar-refractivity contribution in [3.8, 4) is 0 Å². The van der Waals surface area contributed by atoms with E-state index in [1.807, 2.05) is 6.92 Å². The standard InChI is InChI=1S/C14H14ClFN2O2S/c1-9-2-3-13(21(17,19)20)7-14(9)18-8-10-4-11(15)6-12(16)5-10/h2-7,18H,8H2,1H3,(H2,17,19,20). The molecule has 0 aliphatic carbocycles. The lowest BCUT2D eigenvalue weighted by atomic mass is 10.1. The van der Waals surface area contributed by atoms with Crippen LogP contribution in [0.2, 0.25) is 5.02 Å². The lowest BCUT2D eigenvalue weighted by Crippen LogP contribution is -2.13. The van der Waals surface area contributed by atoms with Crippen molar-refractivity contribution in [2.75, 3.05) is 5.32 Å². The lowest BCUT2D eigenvalue weighted by molar-refractivity contribution is 0.598. The number of hydrogen-bond donors (Lipinski definition) is 2. The van der Waals surface area contributed by atoms with E-state index in [1.165, 1.54) is 24.3 Å². The van der Waals surface area contributed by atoms with Crippen molar-refractivity contribution < 1.29 is 12.8 Å². The Kier molecular flexibility index (Phi) is 4.51. The Morgan fingerprint density at radius 2 is 1.95 bits per heavy atom. The van der Waals surface area contributed by atoms with Crippen molar-refractivity contribution in [3.63, 3.8) is 0 Å². The van der Waals surface area contributed by atoms with Crippen molar-refractivity contribution >= 4 is 27.3 Å². The van der Waals surface area contributed by atoms with E-state index in [-0.39, 0.29) is 4.90 Å². The minimum Gasteiger partial charge on any atom is -0.381 e. The first-order chi connectivity index (χ1) is 9.75. The van der Waals surface area contributed by atoms with Crippen LogP contribution in [0.3, 0.4) is 0 Å². The second-order valence-corrected chi connectivity index (χ2v) is 6.65. The number of primary sulfonamides is 1. The first kappa shape index (κ1) is 15.8. The average molecular weight is 329 g/mol. The van der Waals surface area contributed by atoms with E-state index in [0.717, 1.165) is 5.56 Å². The molecule has 0 fully saturated rings. The Morgan fingerprint density at radius 1 is 1.24 bits per heavy atom. The summed E-state index contributed by atoms with van der Waals surface area (Å²) in [6, 6.07) is 8.76. The van der Waals surface area contributed by atoms with Crippen LogP contribution in [0, 0.1) is 12.7 Å². The van der Waals surface area contributed by atoms with Gasteiger partial charge in [-0.1, -0.05) is 17.7 Å². The monoisotopic (exact) mass is 328 g/mol. The first-order valence-corrected chi connectivity index (χ1v) is 8.00. The minimum absolute atomic E-state index is 0.0212. The summed E-state index contributed by atoms with van der Waals surface area (Å²) in [7, 11) is -3.76. The zero-order valence-electron chi connectivity index (χ0n) is 11.2. The van der Waals surface area contributed by atoms with E-state index in [4.69, 9.17) is 16.7 Å². The third kappa shape index (κ3) is 4.17. The number of benzene rings is 2. The van der Waals surface area contributed by atoms with Gasteiger partial charge in [-0.25, -0.2) is 17.9 Å². The summed E-state index contributed by atoms with van der Waals surface area (Å²) in [6.07, 6.45) is 0. The zero-order valence-corrected chi connectivity index (χ0v) is 12.8. The average Bonchev–Trinajstić information content (AvgIpc) is 2.35. The van der Waals surface area contributed by atoms with Crippen LogP contribution in [0.25, 0.3) is 0 Å². The molecule has 0 amide bonds. The fourth-order valence-electron chi connectivity index (χ4n) is 1.88. The van der Waals surface area contributed by atoms with Crippen molar-refractivity contribution in [2.45, 2.75) is 18.4 Å². The molecule has 2 rings (SSSR count). The van der Waals surface area contributed by atoms with Crippen molar-refractivity contribution in [2.24, 2.45) is 5.14 Å². The highest BCUT2D eigenvalue weighted by Gasteiger charge is 2.10. The molecule has 0 aliphatic heterocycles. The van der Waals surface area contributed by atoms with Gasteiger partial charge in [0.15, 0.2) is 0 Å². The zero-order chi connectivity index (χ0) is 15.6. The maximum atomic E-state index is 13.2. The van der Waals surface area contributed by atoms with Crippen LogP contribution in [0.4, 0.5) is 10.1 Å². The van der Waals surface area contributed by atoms with Gasteiger partial charge in [0.1, 0.15) is 5.82 Å². The Balaban J connectivity index is 2.23. The molecule has 0 radical (unpaired) electrons. The largest absolute Gasteiger partial charge is 0.381 e. The summed E-state index contributed by atoms with van der Waals surface area (Å²) < 4.78 is 35.9. The van der Waals surface area contributed by atoms with Crippen LogP contribution >= 0.6 is 11.6 Å². The molecule has 3 N–H and O–H groups in total. The number of nitrogens with one attached hydrogen (secondary N) is 1. The van der Waals surface area contributed by atoms with Gasteiger partial charge in [-0.15, -0.1) is 0 Å². The molecule has 112 valence electrons. The topological polar surface area (TPSA) is 72.2 Å². The van der Waals surface area contributed by atoms with Gasteiger partial charge in [-0.3, -0.25) is 0 Å². The number of anilines is 1. The summed E-state index contributed by atoms with van der Waals surface area (Å²) in [5.74, 6) is -0.422. The number of nitrogens with two attached hydrogens (primary N) is 1. The SMILES string of the molecule is Cc1ccc(S(N)(=O)=O)cc1NCc1cc(F)cc(Cl)c1. The van der Waals surface area contributed by atoms with Crippen LogP contribution in [-0.2, 0) is 16.6 Å². The molecule has 2 aromatic rings. The molecule has 0 bridgehead atoms. The summed E-state index contributed by atoms with van der Waals surface area (Å²) in [6.45, 7) is 2.14. The van der Waals surface area contributed by atoms with Gasteiger partial charge in [0.2, 0.25) is 10.0 Å². The minimum atomic E-state index is -3.76. The third-order valence-corrected chi connectivity index (χ3v) is 4.07. The quantitative estimate of drug-likeness (QED) is 0.906. The normalized spacial score (nSPS) is 11.4. The van der Waals surface area contributed by atoms with E-state index in [1.54, 1.807) is 12.1 Å². The van der Waals surface area contributed by atoms with E-state index in [9.17, 15) is 12.8 Å². The molecule has 7 heteroatoms. The van der Waals surface area contributed by atoms with Crippen molar-refractivity contribution in [1.82, 2.24) is 0 Å². The second kappa shape index (κ2) is 6.01. The summed E-state index contributed by atoms with van der Waals surface area (Å²) in [5.41, 5.74) is 2.12. The van der Waals surface area contributed by atoms with Gasteiger partial charge in [-0.05, 0) is 48.4 Å². The Labute approximate surface area is 127 Å². The van der Waals surface area contributed by atoms with E-state index < -0.39 is 15.8 Å². The highest BCUT2D eigenvalue weighted by atomic mass is 35.5. The molecule has 0 saturated carbocycles. The second-order valence-electron chi connectivity index (χ2n) is 4.65. The predicted molar refractivity (Wildman–Crippen MR) is 81.3 cm³/mol. The van der Waals surface area contributed by atoms with E-state index in [2.05, 4.69) is 5.32 Å². The third-order valence-electron chi connectivity index (χ3n) is 2.94. The van der Waals surface area contributed by atoms with Gasteiger partial charge < -0.3 is 5.32 Å². The molecule has 21 heavy (non-hydrogen) atoms. The summed E-state index contributed by atoms with van der Waals surface area (Å²) >= 11 is 5.78. The maximum Gasteiger partial charge on any atom is 0.238 e. The molecular weight excluding hydrogens is 315 g/mol. The molecule has 2 aromatic carbocycles. The van der Waals surface area contributed by atoms with Gasteiger partial charge in [0.25, 0.3) is 0 Å². The highest BCUT2D eigenvalue weighted by molar-refractivity contribution is 7.89. The molecule has 0 aromatic heterocycles. The molecular formula is C14H14ClFN2O2S. The molecule has 0 saturated heterocycles. The fraction of sp³-hybridized carbons (Fsp3) is 0.143. The smallest absolute Gasteiger partial charge is 0.238 e. The van der Waals surface area contributed by atoms with Gasteiger partial charge >= 0.3 is 0 Å². The van der Waals surface area contributed by atoms with Crippen LogP contribution in [0.1, 0.15) is 11.1 Å². The molecule has 0 spiro atoms. The highest BCUT2D eigenvalue weighted by Crippen LogP contribution is 2.21. The van der Waals surface area contributed by atoms with Crippen LogP contribution < -0.4 is 10.5 Å². The summed E-state index contributed by atoms with van der Waals surface area (Å²) in [4.78, 5) is 0.0212. The Hall–Kier alpha value is -1.63. The molecule has 0 atom stereocenters. The molecule has 0 unspecified atom stereocenters. The van der Waals surface area contributed by atoms with Gasteiger partial charge in [0, 0.05) is 17.3 Å². The van der Waals surface area contributed by atoms with Crippen LogP contribution in [0.15, 0.2) is 41.3 Å². The number of aryl methyl sites for hydroxylation is 1. The maximum absolute atomic E-state index is 13.2. The summed E-state index contributed by atoms with van der Waals surface area (Å²) in [5, 5.41) is 8.46. The molecule has 4 nitrogen and oxygen atoms in total. The van der Waals surface area contributed by atoms with Crippen LogP contribution in [-0.4, -0.2) is 8.42 Å². The molecule has 0 heterocycles. The lowest BCUT2D eigenvalue weighted by Gasteiger charge is -2.11. The van der Waals surface area contributed by atoms with E-state index >= 15 is 0 Å². The van der Waals surface area contributed by atoms with Crippen LogP contribution in [0.5, 0.6) is 0 Å². The first-order valence-electron chi connectivity index (χ1n) is 6.08. The van der Waals surface area contributed by atoms with Crippen molar-refractivity contribution in [1.29, 1.82) is 0 Å². The number of sulfonamides is 1.